The number of hydrogen-bond donors (Lipinski definition) is 2. The molecule has 0 spiro atoms. The van der Waals surface area contributed by atoms with Crippen molar-refractivity contribution in [1.82, 2.24) is 5.32 Å². The number of nitrogens with one attached hydrogen (secondary N) is 1. The molecule has 11 heavy (non-hydrogen) atoms. The number of aliphatic carboxylic acids is 1. The van der Waals surface area contributed by atoms with Crippen LogP contribution < -0.4 is 5.32 Å². The van der Waals surface area contributed by atoms with Gasteiger partial charge >= 0.3 is 5.97 Å². The van der Waals surface area contributed by atoms with Crippen LogP contribution in [0.25, 0.3) is 0 Å². The van der Waals surface area contributed by atoms with Crippen LogP contribution in [-0.4, -0.2) is 17.0 Å². The van der Waals surface area contributed by atoms with E-state index in [1.54, 1.807) is 6.92 Å². The fraction of sp³-hybridized carbons (Fsp3) is 0.429. The molecule has 0 aliphatic rings. The Morgan fingerprint density at radius 3 is 2.36 bits per heavy atom. The van der Waals surface area contributed by atoms with Gasteiger partial charge in [0.2, 0.25) is 5.91 Å². The summed E-state index contributed by atoms with van der Waals surface area (Å²) in [6.45, 7) is 3.04. The van der Waals surface area contributed by atoms with Crippen molar-refractivity contribution in [1.29, 1.82) is 0 Å². The lowest BCUT2D eigenvalue weighted by molar-refractivity contribution is -0.132. The van der Waals surface area contributed by atoms with Crippen molar-refractivity contribution < 1.29 is 14.7 Å². The van der Waals surface area contributed by atoms with Gasteiger partial charge in [-0.1, -0.05) is 6.92 Å². The Labute approximate surface area is 64.9 Å². The van der Waals surface area contributed by atoms with E-state index in [-0.39, 0.29) is 11.5 Å². The molecular formula is C7H11NO3. The quantitative estimate of drug-likeness (QED) is 0.586. The van der Waals surface area contributed by atoms with Crippen molar-refractivity contribution in [2.45, 2.75) is 20.3 Å². The number of carbonyl (C=O) groups excluding carboxylic acids is 1. The summed E-state index contributed by atoms with van der Waals surface area (Å²) in [7, 11) is 0. The highest BCUT2D eigenvalue weighted by molar-refractivity contribution is 5.87. The van der Waals surface area contributed by atoms with E-state index in [1.165, 1.54) is 13.1 Å². The number of carbonyl (C=O) groups is 2. The zero-order chi connectivity index (χ0) is 8.85. The van der Waals surface area contributed by atoms with Gasteiger partial charge in [-0.3, -0.25) is 4.79 Å². The third-order valence-electron chi connectivity index (χ3n) is 1.11. The fourth-order valence-corrected chi connectivity index (χ4v) is 0.504. The summed E-state index contributed by atoms with van der Waals surface area (Å²) in [6, 6.07) is 0. The maximum Gasteiger partial charge on any atom is 0.333 e. The monoisotopic (exact) mass is 157 g/mol. The van der Waals surface area contributed by atoms with Gasteiger partial charge in [-0.25, -0.2) is 4.79 Å². The Morgan fingerprint density at radius 1 is 1.55 bits per heavy atom. The summed E-state index contributed by atoms with van der Waals surface area (Å²) in [5.41, 5.74) is 0.195. The zero-order valence-electron chi connectivity index (χ0n) is 6.55. The second kappa shape index (κ2) is 4.49. The molecular weight excluding hydrogens is 146 g/mol. The lowest BCUT2D eigenvalue weighted by Crippen LogP contribution is -2.14. The molecule has 2 N–H and O–H groups in total. The summed E-state index contributed by atoms with van der Waals surface area (Å²) in [5, 5.41) is 10.8. The smallest absolute Gasteiger partial charge is 0.333 e. The predicted molar refractivity (Wildman–Crippen MR) is 39.8 cm³/mol. The van der Waals surface area contributed by atoms with E-state index >= 15 is 0 Å². The molecule has 62 valence electrons. The Kier molecular flexibility index (Phi) is 3.95. The summed E-state index contributed by atoms with van der Waals surface area (Å²) in [4.78, 5) is 20.7. The van der Waals surface area contributed by atoms with Crippen LogP contribution in [0.4, 0.5) is 0 Å². The van der Waals surface area contributed by atoms with E-state index < -0.39 is 5.97 Å². The molecule has 0 bridgehead atoms. The van der Waals surface area contributed by atoms with Crippen molar-refractivity contribution in [2.75, 3.05) is 0 Å². The number of hydrogen-bond acceptors (Lipinski definition) is 2. The maximum absolute atomic E-state index is 10.3. The molecule has 0 aliphatic carbocycles. The third-order valence-corrected chi connectivity index (χ3v) is 1.11. The molecule has 0 aromatic carbocycles. The Morgan fingerprint density at radius 2 is 2.09 bits per heavy atom. The van der Waals surface area contributed by atoms with Gasteiger partial charge in [-0.15, -0.1) is 0 Å². The first kappa shape index (κ1) is 9.68. The molecule has 0 rings (SSSR count). The van der Waals surface area contributed by atoms with Crippen LogP contribution in [0.5, 0.6) is 0 Å². The fourth-order valence-electron chi connectivity index (χ4n) is 0.504. The van der Waals surface area contributed by atoms with E-state index in [2.05, 4.69) is 5.32 Å². The molecule has 0 fully saturated rings. The standard InChI is InChI=1S/C7H11NO3/c1-3-6(7(10)11)4-8-5(2)9/h4H,3H2,1-2H3,(H,8,9)(H,10,11). The topological polar surface area (TPSA) is 66.4 Å². The van der Waals surface area contributed by atoms with Crippen LogP contribution >= 0.6 is 0 Å². The highest BCUT2D eigenvalue weighted by Crippen LogP contribution is 1.97. The molecule has 0 atom stereocenters. The Hall–Kier alpha value is -1.32. The van der Waals surface area contributed by atoms with Gasteiger partial charge in [-0.2, -0.15) is 0 Å². The van der Waals surface area contributed by atoms with Gasteiger partial charge in [0.25, 0.3) is 0 Å². The largest absolute Gasteiger partial charge is 0.478 e. The average molecular weight is 157 g/mol. The van der Waals surface area contributed by atoms with Crippen molar-refractivity contribution in [3.63, 3.8) is 0 Å². The van der Waals surface area contributed by atoms with Crippen LogP contribution in [0.1, 0.15) is 20.3 Å². The van der Waals surface area contributed by atoms with E-state index in [9.17, 15) is 9.59 Å². The van der Waals surface area contributed by atoms with Crippen LogP contribution in [0.3, 0.4) is 0 Å². The van der Waals surface area contributed by atoms with E-state index in [0.717, 1.165) is 0 Å². The van der Waals surface area contributed by atoms with E-state index in [0.29, 0.717) is 6.42 Å². The summed E-state index contributed by atoms with van der Waals surface area (Å²) < 4.78 is 0. The first-order valence-corrected chi connectivity index (χ1v) is 3.27. The minimum Gasteiger partial charge on any atom is -0.478 e. The first-order chi connectivity index (χ1) is 5.07. The van der Waals surface area contributed by atoms with E-state index in [1.807, 2.05) is 0 Å². The summed E-state index contributed by atoms with van der Waals surface area (Å²) in [5.74, 6) is -1.27. The lowest BCUT2D eigenvalue weighted by atomic mass is 10.2. The lowest BCUT2D eigenvalue weighted by Gasteiger charge is -1.96. The second-order valence-electron chi connectivity index (χ2n) is 2.03. The molecule has 4 heteroatoms. The van der Waals surface area contributed by atoms with Crippen molar-refractivity contribution in [3.05, 3.63) is 11.8 Å². The van der Waals surface area contributed by atoms with Crippen LogP contribution in [0.15, 0.2) is 11.8 Å². The highest BCUT2D eigenvalue weighted by atomic mass is 16.4. The minimum absolute atomic E-state index is 0.195. The molecule has 0 aliphatic heterocycles. The first-order valence-electron chi connectivity index (χ1n) is 3.27. The minimum atomic E-state index is -0.999. The van der Waals surface area contributed by atoms with Crippen molar-refractivity contribution >= 4 is 11.9 Å². The Balaban J connectivity index is 4.13. The molecule has 0 radical (unpaired) electrons. The van der Waals surface area contributed by atoms with Crippen LogP contribution in [0.2, 0.25) is 0 Å². The molecule has 4 nitrogen and oxygen atoms in total. The normalized spacial score (nSPS) is 10.9. The van der Waals surface area contributed by atoms with Gasteiger partial charge in [-0.05, 0) is 6.42 Å². The summed E-state index contributed by atoms with van der Waals surface area (Å²) in [6.07, 6.45) is 1.61. The van der Waals surface area contributed by atoms with Gasteiger partial charge in [0.05, 0.1) is 5.57 Å². The number of carboxylic acids is 1. The second-order valence-corrected chi connectivity index (χ2v) is 2.03. The number of amides is 1. The summed E-state index contributed by atoms with van der Waals surface area (Å²) >= 11 is 0. The highest BCUT2D eigenvalue weighted by Gasteiger charge is 2.02. The van der Waals surface area contributed by atoms with Crippen LogP contribution in [0, 0.1) is 0 Å². The van der Waals surface area contributed by atoms with Gasteiger partial charge in [0.15, 0.2) is 0 Å². The van der Waals surface area contributed by atoms with Gasteiger partial charge in [0, 0.05) is 13.1 Å². The Bertz CT molecular complexity index is 196. The van der Waals surface area contributed by atoms with E-state index in [4.69, 9.17) is 5.11 Å². The molecule has 0 heterocycles. The van der Waals surface area contributed by atoms with Crippen molar-refractivity contribution in [3.8, 4) is 0 Å². The predicted octanol–water partition coefficient (Wildman–Crippen LogP) is 0.501. The van der Waals surface area contributed by atoms with Crippen LogP contribution in [-0.2, 0) is 9.59 Å². The molecule has 0 aromatic rings. The molecule has 0 saturated heterocycles. The van der Waals surface area contributed by atoms with Gasteiger partial charge < -0.3 is 10.4 Å². The van der Waals surface area contributed by atoms with Gasteiger partial charge in [0.1, 0.15) is 0 Å². The number of rotatable bonds is 3. The SMILES string of the molecule is CCC(=CNC(C)=O)C(=O)O. The molecule has 1 amide bonds. The molecule has 0 aromatic heterocycles. The zero-order valence-corrected chi connectivity index (χ0v) is 6.55. The molecule has 0 saturated carbocycles. The van der Waals surface area contributed by atoms with Crippen molar-refractivity contribution in [2.24, 2.45) is 0 Å². The number of carboxylic acid groups (broad SMARTS) is 1. The average Bonchev–Trinajstić information content (AvgIpc) is 1.87. The third kappa shape index (κ3) is 4.13. The molecule has 0 unspecified atom stereocenters. The maximum atomic E-state index is 10.3.